The largest absolute Gasteiger partial charge is 0.480 e. The maximum atomic E-state index is 13.2. The predicted octanol–water partition coefficient (Wildman–Crippen LogP) is 3.21. The van der Waals surface area contributed by atoms with Crippen molar-refractivity contribution in [1.82, 2.24) is 0 Å². The van der Waals surface area contributed by atoms with Gasteiger partial charge in [-0.3, -0.25) is 4.31 Å². The second kappa shape index (κ2) is 7.44. The second-order valence-electron chi connectivity index (χ2n) is 5.77. The lowest BCUT2D eigenvalue weighted by molar-refractivity contribution is -0.142. The van der Waals surface area contributed by atoms with E-state index in [1.165, 1.54) is 22.5 Å². The molecule has 2 aromatic carbocycles. The number of carboxylic acid groups (broad SMARTS) is 1. The van der Waals surface area contributed by atoms with Gasteiger partial charge in [0.05, 0.1) is 33.3 Å². The zero-order valence-electron chi connectivity index (χ0n) is 13.4. The van der Waals surface area contributed by atoms with E-state index >= 15 is 0 Å². The van der Waals surface area contributed by atoms with Crippen LogP contribution in [0.15, 0.2) is 47.4 Å². The quantitative estimate of drug-likeness (QED) is 0.782. The van der Waals surface area contributed by atoms with Crippen LogP contribution in [0.25, 0.3) is 0 Å². The topological polar surface area (TPSA) is 83.9 Å². The van der Waals surface area contributed by atoms with Gasteiger partial charge >= 0.3 is 5.97 Å². The Morgan fingerprint density at radius 3 is 2.62 bits per heavy atom. The van der Waals surface area contributed by atoms with Gasteiger partial charge in [0.1, 0.15) is 6.61 Å². The smallest absolute Gasteiger partial charge is 0.329 e. The molecule has 0 bridgehead atoms. The molecule has 0 saturated heterocycles. The molecule has 2 aromatic rings. The SMILES string of the molecule is O=C(O)COCC1Cc2ccccc2N1S(=O)(=O)c1ccc(Cl)c(Cl)c1. The molecule has 26 heavy (non-hydrogen) atoms. The minimum absolute atomic E-state index is 0.00633. The van der Waals surface area contributed by atoms with Crippen LogP contribution in [-0.4, -0.2) is 38.7 Å². The van der Waals surface area contributed by atoms with Crippen molar-refractivity contribution in [3.05, 3.63) is 58.1 Å². The van der Waals surface area contributed by atoms with E-state index in [4.69, 9.17) is 33.0 Å². The molecule has 1 unspecified atom stereocenters. The van der Waals surface area contributed by atoms with E-state index in [0.717, 1.165) is 5.56 Å². The van der Waals surface area contributed by atoms with Gasteiger partial charge in [0, 0.05) is 0 Å². The first-order chi connectivity index (χ1) is 12.3. The van der Waals surface area contributed by atoms with E-state index in [9.17, 15) is 13.2 Å². The fourth-order valence-corrected chi connectivity index (χ4v) is 4.98. The van der Waals surface area contributed by atoms with Gasteiger partial charge in [-0.2, -0.15) is 0 Å². The van der Waals surface area contributed by atoms with Crippen molar-refractivity contribution < 1.29 is 23.1 Å². The maximum absolute atomic E-state index is 13.2. The normalized spacial score (nSPS) is 16.5. The van der Waals surface area contributed by atoms with E-state index in [-0.39, 0.29) is 21.5 Å². The number of hydrogen-bond acceptors (Lipinski definition) is 4. The number of para-hydroxylation sites is 1. The highest BCUT2D eigenvalue weighted by Gasteiger charge is 2.38. The molecule has 3 rings (SSSR count). The van der Waals surface area contributed by atoms with E-state index in [1.807, 2.05) is 12.1 Å². The van der Waals surface area contributed by atoms with Crippen molar-refractivity contribution >= 4 is 44.9 Å². The molecular formula is C17H15Cl2NO5S. The van der Waals surface area contributed by atoms with Gasteiger partial charge in [-0.05, 0) is 36.2 Å². The highest BCUT2D eigenvalue weighted by molar-refractivity contribution is 7.92. The third kappa shape index (κ3) is 3.66. The molecule has 6 nitrogen and oxygen atoms in total. The summed E-state index contributed by atoms with van der Waals surface area (Å²) in [6.07, 6.45) is 0.427. The highest BCUT2D eigenvalue weighted by Crippen LogP contribution is 2.37. The van der Waals surface area contributed by atoms with Gasteiger partial charge in [0.25, 0.3) is 10.0 Å². The standard InChI is InChI=1S/C17H15Cl2NO5S/c18-14-6-5-13(8-15(14)19)26(23,24)20-12(9-25-10-17(21)22)7-11-3-1-2-4-16(11)20/h1-6,8,12H,7,9-10H2,(H,21,22). The summed E-state index contributed by atoms with van der Waals surface area (Å²) in [5.74, 6) is -1.11. The molecule has 9 heteroatoms. The minimum Gasteiger partial charge on any atom is -0.480 e. The van der Waals surface area contributed by atoms with Crippen LogP contribution in [-0.2, 0) is 26.0 Å². The van der Waals surface area contributed by atoms with Crippen LogP contribution < -0.4 is 4.31 Å². The molecular weight excluding hydrogens is 401 g/mol. The average molecular weight is 416 g/mol. The summed E-state index contributed by atoms with van der Waals surface area (Å²) >= 11 is 11.9. The van der Waals surface area contributed by atoms with Crippen molar-refractivity contribution in [2.75, 3.05) is 17.5 Å². The number of benzene rings is 2. The Balaban J connectivity index is 1.99. The Bertz CT molecular complexity index is 948. The lowest BCUT2D eigenvalue weighted by Gasteiger charge is -2.27. The molecule has 1 aliphatic rings. The predicted molar refractivity (Wildman–Crippen MR) is 98.5 cm³/mol. The van der Waals surface area contributed by atoms with Crippen molar-refractivity contribution in [3.8, 4) is 0 Å². The first kappa shape index (κ1) is 19.0. The summed E-state index contributed by atoms with van der Waals surface area (Å²) in [6, 6.07) is 10.7. The first-order valence-corrected chi connectivity index (χ1v) is 9.87. The van der Waals surface area contributed by atoms with E-state index in [1.54, 1.807) is 12.1 Å². The summed E-state index contributed by atoms with van der Waals surface area (Å²) in [6.45, 7) is -0.533. The number of anilines is 1. The van der Waals surface area contributed by atoms with Gasteiger partial charge in [-0.1, -0.05) is 41.4 Å². The van der Waals surface area contributed by atoms with Crippen molar-refractivity contribution in [2.24, 2.45) is 0 Å². The number of halogens is 2. The lowest BCUT2D eigenvalue weighted by Crippen LogP contribution is -2.41. The van der Waals surface area contributed by atoms with Gasteiger partial charge in [0.15, 0.2) is 0 Å². The Morgan fingerprint density at radius 1 is 1.19 bits per heavy atom. The van der Waals surface area contributed by atoms with Crippen LogP contribution in [0.1, 0.15) is 5.56 Å². The number of sulfonamides is 1. The van der Waals surface area contributed by atoms with Gasteiger partial charge < -0.3 is 9.84 Å². The summed E-state index contributed by atoms with van der Waals surface area (Å²) < 4.78 is 32.9. The molecule has 1 atom stereocenters. The Kier molecular flexibility index (Phi) is 5.43. The molecule has 1 heterocycles. The molecule has 0 saturated carbocycles. The van der Waals surface area contributed by atoms with Crippen LogP contribution in [0.5, 0.6) is 0 Å². The third-order valence-electron chi connectivity index (χ3n) is 4.00. The summed E-state index contributed by atoms with van der Waals surface area (Å²) in [5, 5.41) is 9.13. The molecule has 0 amide bonds. The number of carbonyl (C=O) groups is 1. The number of ether oxygens (including phenoxy) is 1. The second-order valence-corrected chi connectivity index (χ2v) is 8.40. The van der Waals surface area contributed by atoms with Crippen molar-refractivity contribution in [3.63, 3.8) is 0 Å². The summed E-state index contributed by atoms with van der Waals surface area (Å²) in [5.41, 5.74) is 1.39. The molecule has 0 aliphatic carbocycles. The zero-order chi connectivity index (χ0) is 18.9. The maximum Gasteiger partial charge on any atom is 0.329 e. The van der Waals surface area contributed by atoms with Crippen LogP contribution in [0.2, 0.25) is 10.0 Å². The molecule has 0 spiro atoms. The van der Waals surface area contributed by atoms with Crippen LogP contribution >= 0.6 is 23.2 Å². The Morgan fingerprint density at radius 2 is 1.92 bits per heavy atom. The van der Waals surface area contributed by atoms with Crippen LogP contribution in [0.3, 0.4) is 0 Å². The fraction of sp³-hybridized carbons (Fsp3) is 0.235. The molecule has 0 radical (unpaired) electrons. The number of carboxylic acids is 1. The first-order valence-electron chi connectivity index (χ1n) is 7.67. The number of hydrogen-bond donors (Lipinski definition) is 1. The monoisotopic (exact) mass is 415 g/mol. The number of nitrogens with zero attached hydrogens (tertiary/aromatic N) is 1. The Hall–Kier alpha value is -1.80. The van der Waals surface area contributed by atoms with Gasteiger partial charge in [-0.25, -0.2) is 13.2 Å². The van der Waals surface area contributed by atoms with E-state index < -0.39 is 28.6 Å². The molecule has 138 valence electrons. The summed E-state index contributed by atoms with van der Waals surface area (Å²) in [7, 11) is -3.93. The van der Waals surface area contributed by atoms with Gasteiger partial charge in [0.2, 0.25) is 0 Å². The van der Waals surface area contributed by atoms with Crippen LogP contribution in [0.4, 0.5) is 5.69 Å². The highest BCUT2D eigenvalue weighted by atomic mass is 35.5. The van der Waals surface area contributed by atoms with Gasteiger partial charge in [-0.15, -0.1) is 0 Å². The number of aliphatic carboxylic acids is 1. The lowest BCUT2D eigenvalue weighted by atomic mass is 10.1. The summed E-state index contributed by atoms with van der Waals surface area (Å²) in [4.78, 5) is 10.7. The molecule has 1 N–H and O–H groups in total. The third-order valence-corrected chi connectivity index (χ3v) is 6.60. The number of fused-ring (bicyclic) bond motifs is 1. The average Bonchev–Trinajstić information content (AvgIpc) is 2.95. The molecule has 1 aliphatic heterocycles. The van der Waals surface area contributed by atoms with E-state index in [0.29, 0.717) is 12.1 Å². The fourth-order valence-electron chi connectivity index (χ4n) is 2.92. The van der Waals surface area contributed by atoms with Crippen LogP contribution in [0, 0.1) is 0 Å². The molecule has 0 fully saturated rings. The van der Waals surface area contributed by atoms with Crippen molar-refractivity contribution in [1.29, 1.82) is 0 Å². The van der Waals surface area contributed by atoms with E-state index in [2.05, 4.69) is 0 Å². The minimum atomic E-state index is -3.93. The molecule has 0 aromatic heterocycles. The van der Waals surface area contributed by atoms with Crippen molar-refractivity contribution in [2.45, 2.75) is 17.4 Å². The Labute approximate surface area is 161 Å². The number of rotatable bonds is 6. The zero-order valence-corrected chi connectivity index (χ0v) is 15.8.